The number of aliphatic carboxylic acids is 1. The van der Waals surface area contributed by atoms with Crippen LogP contribution in [0.5, 0.6) is 0 Å². The van der Waals surface area contributed by atoms with Gasteiger partial charge in [-0.2, -0.15) is 0 Å². The molecule has 114 valence electrons. The molecule has 20 heavy (non-hydrogen) atoms. The molecule has 0 aliphatic carbocycles. The van der Waals surface area contributed by atoms with Gasteiger partial charge in [-0.05, 0) is 37.8 Å². The predicted molar refractivity (Wildman–Crippen MR) is 75.6 cm³/mol. The molecule has 0 aromatic carbocycles. The van der Waals surface area contributed by atoms with Gasteiger partial charge in [-0.15, -0.1) is 0 Å². The number of hydrogen-bond donors (Lipinski definition) is 2. The van der Waals surface area contributed by atoms with Gasteiger partial charge in [0.2, 0.25) is 0 Å². The van der Waals surface area contributed by atoms with Crippen molar-refractivity contribution >= 4 is 12.0 Å². The molecule has 6 nitrogen and oxygen atoms in total. The molecule has 0 radical (unpaired) electrons. The third-order valence-electron chi connectivity index (χ3n) is 4.40. The normalized spacial score (nSPS) is 26.9. The number of nitrogens with zero attached hydrogens (tertiary/aromatic N) is 2. The summed E-state index contributed by atoms with van der Waals surface area (Å²) in [5, 5.41) is 11.8. The second-order valence-electron chi connectivity index (χ2n) is 5.93. The van der Waals surface area contributed by atoms with E-state index in [4.69, 9.17) is 5.11 Å². The van der Waals surface area contributed by atoms with Gasteiger partial charge in [-0.25, -0.2) is 4.79 Å². The summed E-state index contributed by atoms with van der Waals surface area (Å²) >= 11 is 0. The van der Waals surface area contributed by atoms with Crippen LogP contribution in [0.2, 0.25) is 0 Å². The molecule has 0 aromatic heterocycles. The lowest BCUT2D eigenvalue weighted by Crippen LogP contribution is -2.41. The van der Waals surface area contributed by atoms with Crippen molar-refractivity contribution in [2.24, 2.45) is 11.8 Å². The van der Waals surface area contributed by atoms with E-state index in [0.717, 1.165) is 39.0 Å². The molecule has 6 heteroatoms. The van der Waals surface area contributed by atoms with Crippen molar-refractivity contribution in [2.45, 2.75) is 26.2 Å². The van der Waals surface area contributed by atoms with E-state index in [-0.39, 0.29) is 18.4 Å². The number of nitrogens with one attached hydrogen (secondary N) is 1. The van der Waals surface area contributed by atoms with Gasteiger partial charge >= 0.3 is 12.0 Å². The third-order valence-corrected chi connectivity index (χ3v) is 4.40. The number of carbonyl (C=O) groups excluding carboxylic acids is 1. The van der Waals surface area contributed by atoms with Crippen LogP contribution in [0.4, 0.5) is 4.79 Å². The van der Waals surface area contributed by atoms with Crippen molar-refractivity contribution in [3.63, 3.8) is 0 Å². The van der Waals surface area contributed by atoms with E-state index < -0.39 is 5.97 Å². The van der Waals surface area contributed by atoms with E-state index in [1.165, 1.54) is 0 Å². The molecule has 2 fully saturated rings. The Bertz CT molecular complexity index is 362. The lowest BCUT2D eigenvalue weighted by Gasteiger charge is -2.19. The first-order chi connectivity index (χ1) is 9.58. The largest absolute Gasteiger partial charge is 0.481 e. The van der Waals surface area contributed by atoms with Gasteiger partial charge < -0.3 is 20.2 Å². The topological polar surface area (TPSA) is 72.9 Å². The maximum Gasteiger partial charge on any atom is 0.317 e. The van der Waals surface area contributed by atoms with E-state index in [1.807, 2.05) is 0 Å². The Hall–Kier alpha value is -1.30. The summed E-state index contributed by atoms with van der Waals surface area (Å²) in [5.74, 6) is -0.112. The second kappa shape index (κ2) is 6.92. The highest BCUT2D eigenvalue weighted by Gasteiger charge is 2.28. The first kappa shape index (κ1) is 15.1. The molecule has 2 amide bonds. The molecule has 2 N–H and O–H groups in total. The predicted octanol–water partition coefficient (Wildman–Crippen LogP) is 0.834. The zero-order valence-electron chi connectivity index (χ0n) is 12.2. The van der Waals surface area contributed by atoms with Crippen LogP contribution >= 0.6 is 0 Å². The van der Waals surface area contributed by atoms with E-state index in [0.29, 0.717) is 19.0 Å². The fourth-order valence-corrected chi connectivity index (χ4v) is 3.14. The first-order valence-corrected chi connectivity index (χ1v) is 7.55. The SMILES string of the molecule is CCN1CCC(CNC(=O)N2CCC(CC(=O)O)C2)C1. The molecular weight excluding hydrogens is 258 g/mol. The molecule has 2 unspecified atom stereocenters. The fourth-order valence-electron chi connectivity index (χ4n) is 3.14. The van der Waals surface area contributed by atoms with Crippen molar-refractivity contribution in [1.29, 1.82) is 0 Å². The Morgan fingerprint density at radius 2 is 1.95 bits per heavy atom. The van der Waals surface area contributed by atoms with Crippen LogP contribution in [0.25, 0.3) is 0 Å². The number of urea groups is 1. The molecule has 2 heterocycles. The molecule has 2 rings (SSSR count). The Kier molecular flexibility index (Phi) is 5.23. The van der Waals surface area contributed by atoms with Gasteiger partial charge in [-0.3, -0.25) is 4.79 Å². The van der Waals surface area contributed by atoms with Gasteiger partial charge in [0, 0.05) is 32.6 Å². The van der Waals surface area contributed by atoms with Gasteiger partial charge in [0.25, 0.3) is 0 Å². The van der Waals surface area contributed by atoms with Gasteiger partial charge in [0.15, 0.2) is 0 Å². The zero-order valence-corrected chi connectivity index (χ0v) is 12.2. The fraction of sp³-hybridized carbons (Fsp3) is 0.857. The van der Waals surface area contributed by atoms with Gasteiger partial charge in [-0.1, -0.05) is 6.92 Å². The molecule has 0 bridgehead atoms. The highest BCUT2D eigenvalue weighted by atomic mass is 16.4. The number of carboxylic acids is 1. The molecule has 0 aromatic rings. The third kappa shape index (κ3) is 4.10. The Balaban J connectivity index is 1.67. The zero-order chi connectivity index (χ0) is 14.5. The number of carbonyl (C=O) groups is 2. The smallest absolute Gasteiger partial charge is 0.317 e. The summed E-state index contributed by atoms with van der Waals surface area (Å²) in [4.78, 5) is 26.9. The monoisotopic (exact) mass is 283 g/mol. The molecular formula is C14H25N3O3. The molecule has 0 saturated carbocycles. The van der Waals surface area contributed by atoms with Crippen molar-refractivity contribution < 1.29 is 14.7 Å². The summed E-state index contributed by atoms with van der Waals surface area (Å²) in [6, 6.07) is -0.0344. The number of hydrogen-bond acceptors (Lipinski definition) is 3. The van der Waals surface area contributed by atoms with E-state index >= 15 is 0 Å². The van der Waals surface area contributed by atoms with Crippen molar-refractivity contribution in [3.8, 4) is 0 Å². The molecule has 0 spiro atoms. The van der Waals surface area contributed by atoms with Crippen LogP contribution < -0.4 is 5.32 Å². The maximum atomic E-state index is 12.0. The number of carboxylic acid groups (broad SMARTS) is 1. The average Bonchev–Trinajstić information content (AvgIpc) is 3.04. The van der Waals surface area contributed by atoms with Gasteiger partial charge in [0.1, 0.15) is 0 Å². The number of likely N-dealkylation sites (tertiary alicyclic amines) is 2. The summed E-state index contributed by atoms with van der Waals surface area (Å²) < 4.78 is 0. The summed E-state index contributed by atoms with van der Waals surface area (Å²) in [6.45, 7) is 7.41. The van der Waals surface area contributed by atoms with Crippen molar-refractivity contribution in [2.75, 3.05) is 39.3 Å². The summed E-state index contributed by atoms with van der Waals surface area (Å²) in [6.07, 6.45) is 2.11. The van der Waals surface area contributed by atoms with Crippen LogP contribution in [0.15, 0.2) is 0 Å². The minimum atomic E-state index is -0.775. The first-order valence-electron chi connectivity index (χ1n) is 7.55. The number of rotatable bonds is 5. The Morgan fingerprint density at radius 3 is 2.60 bits per heavy atom. The van der Waals surface area contributed by atoms with Crippen LogP contribution in [-0.4, -0.2) is 66.2 Å². The quantitative estimate of drug-likeness (QED) is 0.784. The van der Waals surface area contributed by atoms with Crippen molar-refractivity contribution in [1.82, 2.24) is 15.1 Å². The second-order valence-corrected chi connectivity index (χ2v) is 5.93. The van der Waals surface area contributed by atoms with Crippen LogP contribution in [-0.2, 0) is 4.79 Å². The lowest BCUT2D eigenvalue weighted by molar-refractivity contribution is -0.138. The maximum absolute atomic E-state index is 12.0. The summed E-state index contributed by atoms with van der Waals surface area (Å²) in [7, 11) is 0. The van der Waals surface area contributed by atoms with Crippen LogP contribution in [0.1, 0.15) is 26.2 Å². The minimum Gasteiger partial charge on any atom is -0.481 e. The van der Waals surface area contributed by atoms with Crippen LogP contribution in [0, 0.1) is 11.8 Å². The van der Waals surface area contributed by atoms with Crippen molar-refractivity contribution in [3.05, 3.63) is 0 Å². The minimum absolute atomic E-state index is 0.0344. The molecule has 2 atom stereocenters. The highest BCUT2D eigenvalue weighted by molar-refractivity contribution is 5.74. The standard InChI is InChI=1S/C14H25N3O3/c1-2-16-5-3-12(9-16)8-15-14(20)17-6-4-11(10-17)7-13(18)19/h11-12H,2-10H2,1H3,(H,15,20)(H,18,19). The van der Waals surface area contributed by atoms with E-state index in [9.17, 15) is 9.59 Å². The summed E-state index contributed by atoms with van der Waals surface area (Å²) in [5.41, 5.74) is 0. The lowest BCUT2D eigenvalue weighted by atomic mass is 10.1. The van der Waals surface area contributed by atoms with E-state index in [1.54, 1.807) is 4.90 Å². The molecule has 2 aliphatic rings. The highest BCUT2D eigenvalue weighted by Crippen LogP contribution is 2.20. The molecule has 2 saturated heterocycles. The average molecular weight is 283 g/mol. The molecule has 2 aliphatic heterocycles. The Labute approximate surface area is 120 Å². The van der Waals surface area contributed by atoms with Crippen LogP contribution in [0.3, 0.4) is 0 Å². The number of amides is 2. The Morgan fingerprint density at radius 1 is 1.20 bits per heavy atom. The van der Waals surface area contributed by atoms with Gasteiger partial charge in [0.05, 0.1) is 0 Å². The van der Waals surface area contributed by atoms with E-state index in [2.05, 4.69) is 17.1 Å².